The number of hydrogen-bond acceptors (Lipinski definition) is 5. The lowest BCUT2D eigenvalue weighted by Gasteiger charge is -2.03. The van der Waals surface area contributed by atoms with Gasteiger partial charge in [-0.15, -0.1) is 11.3 Å². The first kappa shape index (κ1) is 9.91. The Morgan fingerprint density at radius 3 is 3.18 bits per heavy atom. The van der Waals surface area contributed by atoms with E-state index in [2.05, 4.69) is 20.4 Å². The number of nitrogens with zero attached hydrogens (tertiary/aromatic N) is 4. The Kier molecular flexibility index (Phi) is 2.30. The van der Waals surface area contributed by atoms with Crippen LogP contribution in [0.4, 0.5) is 0 Å². The van der Waals surface area contributed by atoms with Crippen molar-refractivity contribution in [1.29, 1.82) is 0 Å². The number of rotatable bonds is 2. The molecular weight excluding hydrogens is 238 g/mol. The predicted octanol–water partition coefficient (Wildman–Crippen LogP) is 1.27. The molecule has 0 aliphatic rings. The molecule has 3 aromatic rings. The van der Waals surface area contributed by atoms with Crippen LogP contribution in [-0.4, -0.2) is 25.5 Å². The minimum Gasteiger partial charge on any atom is -0.266 e. The van der Waals surface area contributed by atoms with E-state index >= 15 is 0 Å². The predicted molar refractivity (Wildman–Crippen MR) is 63.3 cm³/mol. The Bertz CT molecular complexity index is 660. The molecule has 3 aromatic heterocycles. The SMILES string of the molecule is O=C(Nn1cnc2cncnc21)c1cccs1. The maximum Gasteiger partial charge on any atom is 0.280 e. The van der Waals surface area contributed by atoms with E-state index in [1.165, 1.54) is 28.7 Å². The van der Waals surface area contributed by atoms with Crippen LogP contribution in [0.5, 0.6) is 0 Å². The van der Waals surface area contributed by atoms with Gasteiger partial charge in [0.25, 0.3) is 5.91 Å². The average Bonchev–Trinajstić information content (AvgIpc) is 2.98. The van der Waals surface area contributed by atoms with Crippen LogP contribution in [-0.2, 0) is 0 Å². The third-order valence-corrected chi connectivity index (χ3v) is 3.05. The number of aromatic nitrogens is 4. The summed E-state index contributed by atoms with van der Waals surface area (Å²) in [7, 11) is 0. The van der Waals surface area contributed by atoms with Crippen molar-refractivity contribution < 1.29 is 4.79 Å². The van der Waals surface area contributed by atoms with Gasteiger partial charge in [0.05, 0.1) is 11.1 Å². The first-order valence-corrected chi connectivity index (χ1v) is 5.70. The van der Waals surface area contributed by atoms with Crippen molar-refractivity contribution in [2.75, 3.05) is 5.43 Å². The van der Waals surface area contributed by atoms with Gasteiger partial charge in [-0.25, -0.2) is 19.6 Å². The molecule has 3 rings (SSSR count). The summed E-state index contributed by atoms with van der Waals surface area (Å²) in [5.74, 6) is -0.182. The molecule has 17 heavy (non-hydrogen) atoms. The number of carbonyl (C=O) groups is 1. The molecule has 7 heteroatoms. The molecule has 0 aliphatic carbocycles. The van der Waals surface area contributed by atoms with Crippen molar-refractivity contribution in [3.8, 4) is 0 Å². The topological polar surface area (TPSA) is 72.7 Å². The van der Waals surface area contributed by atoms with Crippen molar-refractivity contribution in [3.63, 3.8) is 0 Å². The second-order valence-electron chi connectivity index (χ2n) is 3.26. The first-order chi connectivity index (χ1) is 8.34. The summed E-state index contributed by atoms with van der Waals surface area (Å²) in [4.78, 5) is 24.5. The van der Waals surface area contributed by atoms with Gasteiger partial charge >= 0.3 is 0 Å². The Balaban J connectivity index is 1.93. The lowest BCUT2D eigenvalue weighted by Crippen LogP contribution is -2.21. The van der Waals surface area contributed by atoms with Crippen molar-refractivity contribution in [1.82, 2.24) is 19.6 Å². The van der Waals surface area contributed by atoms with Gasteiger partial charge in [-0.1, -0.05) is 6.07 Å². The Morgan fingerprint density at radius 2 is 2.35 bits per heavy atom. The van der Waals surface area contributed by atoms with Crippen LogP contribution in [0.25, 0.3) is 11.2 Å². The molecule has 0 spiro atoms. The zero-order valence-electron chi connectivity index (χ0n) is 8.57. The Morgan fingerprint density at radius 1 is 1.41 bits per heavy atom. The second kappa shape index (κ2) is 3.95. The number of imidazole rings is 1. The van der Waals surface area contributed by atoms with Crippen LogP contribution in [0.2, 0.25) is 0 Å². The van der Waals surface area contributed by atoms with E-state index in [0.717, 1.165) is 0 Å². The van der Waals surface area contributed by atoms with Gasteiger partial charge in [0.15, 0.2) is 5.65 Å². The van der Waals surface area contributed by atoms with Gasteiger partial charge in [-0.2, -0.15) is 0 Å². The molecule has 1 amide bonds. The second-order valence-corrected chi connectivity index (χ2v) is 4.21. The fourth-order valence-electron chi connectivity index (χ4n) is 1.42. The lowest BCUT2D eigenvalue weighted by molar-refractivity contribution is 0.101. The van der Waals surface area contributed by atoms with Crippen LogP contribution >= 0.6 is 11.3 Å². The van der Waals surface area contributed by atoms with Gasteiger partial charge in [-0.3, -0.25) is 10.2 Å². The molecule has 0 saturated heterocycles. The van der Waals surface area contributed by atoms with Crippen molar-refractivity contribution in [3.05, 3.63) is 41.2 Å². The maximum atomic E-state index is 11.8. The number of fused-ring (bicyclic) bond motifs is 1. The minimum atomic E-state index is -0.182. The maximum absolute atomic E-state index is 11.8. The average molecular weight is 245 g/mol. The van der Waals surface area contributed by atoms with Crippen LogP contribution in [0.1, 0.15) is 9.67 Å². The molecule has 0 bridgehead atoms. The molecule has 84 valence electrons. The molecule has 0 atom stereocenters. The Labute approximate surface area is 99.9 Å². The van der Waals surface area contributed by atoms with Crippen LogP contribution in [0, 0.1) is 0 Å². The standard InChI is InChI=1S/C10H7N5OS/c16-10(8-2-1-3-17-8)14-15-6-13-7-4-11-5-12-9(7)15/h1-6H,(H,14,16). The number of carbonyl (C=O) groups excluding carboxylic acids is 1. The largest absolute Gasteiger partial charge is 0.280 e. The fraction of sp³-hybridized carbons (Fsp3) is 0. The highest BCUT2D eigenvalue weighted by Gasteiger charge is 2.09. The summed E-state index contributed by atoms with van der Waals surface area (Å²) in [6, 6.07) is 3.59. The van der Waals surface area contributed by atoms with Crippen molar-refractivity contribution in [2.24, 2.45) is 0 Å². The van der Waals surface area contributed by atoms with Crippen LogP contribution in [0.15, 0.2) is 36.4 Å². The van der Waals surface area contributed by atoms with Crippen molar-refractivity contribution in [2.45, 2.75) is 0 Å². The molecule has 0 radical (unpaired) electrons. The normalized spacial score (nSPS) is 10.6. The van der Waals surface area contributed by atoms with Crippen LogP contribution < -0.4 is 5.43 Å². The third-order valence-electron chi connectivity index (χ3n) is 2.18. The number of hydrogen-bond donors (Lipinski definition) is 1. The molecule has 0 fully saturated rings. The van der Waals surface area contributed by atoms with Crippen LogP contribution in [0.3, 0.4) is 0 Å². The molecule has 0 saturated carbocycles. The summed E-state index contributed by atoms with van der Waals surface area (Å²) in [5.41, 5.74) is 3.91. The summed E-state index contributed by atoms with van der Waals surface area (Å²) in [5, 5.41) is 1.85. The quantitative estimate of drug-likeness (QED) is 0.738. The van der Waals surface area contributed by atoms with E-state index in [-0.39, 0.29) is 5.91 Å². The van der Waals surface area contributed by atoms with E-state index in [1.807, 2.05) is 11.4 Å². The summed E-state index contributed by atoms with van der Waals surface area (Å²) in [6.07, 6.45) is 4.51. The monoisotopic (exact) mass is 245 g/mol. The summed E-state index contributed by atoms with van der Waals surface area (Å²) >= 11 is 1.38. The van der Waals surface area contributed by atoms with Gasteiger partial charge in [-0.05, 0) is 11.4 Å². The molecule has 6 nitrogen and oxygen atoms in total. The molecular formula is C10H7N5OS. The molecule has 0 unspecified atom stereocenters. The van der Waals surface area contributed by atoms with Gasteiger partial charge in [0, 0.05) is 0 Å². The number of nitrogens with one attached hydrogen (secondary N) is 1. The van der Waals surface area contributed by atoms with E-state index in [0.29, 0.717) is 16.0 Å². The smallest absolute Gasteiger partial charge is 0.266 e. The van der Waals surface area contributed by atoms with Gasteiger partial charge < -0.3 is 0 Å². The third kappa shape index (κ3) is 1.76. The summed E-state index contributed by atoms with van der Waals surface area (Å²) in [6.45, 7) is 0. The highest BCUT2D eigenvalue weighted by atomic mass is 32.1. The molecule has 1 N–H and O–H groups in total. The summed E-state index contributed by atoms with van der Waals surface area (Å²) < 4.78 is 1.49. The van der Waals surface area contributed by atoms with E-state index in [1.54, 1.807) is 12.3 Å². The lowest BCUT2D eigenvalue weighted by atomic mass is 10.4. The zero-order chi connectivity index (χ0) is 11.7. The highest BCUT2D eigenvalue weighted by Crippen LogP contribution is 2.10. The van der Waals surface area contributed by atoms with Gasteiger partial charge in [0.1, 0.15) is 18.2 Å². The van der Waals surface area contributed by atoms with Gasteiger partial charge in [0.2, 0.25) is 0 Å². The fourth-order valence-corrected chi connectivity index (χ4v) is 2.03. The van der Waals surface area contributed by atoms with E-state index in [9.17, 15) is 4.79 Å². The molecule has 0 aromatic carbocycles. The molecule has 3 heterocycles. The highest BCUT2D eigenvalue weighted by molar-refractivity contribution is 7.12. The Hall–Kier alpha value is -2.28. The van der Waals surface area contributed by atoms with E-state index in [4.69, 9.17) is 0 Å². The van der Waals surface area contributed by atoms with E-state index < -0.39 is 0 Å². The molecule has 0 aliphatic heterocycles. The van der Waals surface area contributed by atoms with Crippen molar-refractivity contribution >= 4 is 28.4 Å². The zero-order valence-corrected chi connectivity index (χ0v) is 9.39. The first-order valence-electron chi connectivity index (χ1n) is 4.82. The number of amides is 1. The minimum absolute atomic E-state index is 0.182. The number of thiophene rings is 1.